The zero-order valence-corrected chi connectivity index (χ0v) is 11.6. The Bertz CT molecular complexity index is 626. The molecule has 0 atom stereocenters. The van der Waals surface area contributed by atoms with Crippen molar-refractivity contribution in [3.8, 4) is 11.5 Å². The number of methoxy groups -OCH3 is 1. The number of benzene rings is 2. The quantitative estimate of drug-likeness (QED) is 0.831. The third kappa shape index (κ3) is 4.21. The molecule has 2 N–H and O–H groups in total. The Kier molecular flexibility index (Phi) is 4.77. The fourth-order valence-corrected chi connectivity index (χ4v) is 1.86. The van der Waals surface area contributed by atoms with Gasteiger partial charge in [-0.3, -0.25) is 4.79 Å². The summed E-state index contributed by atoms with van der Waals surface area (Å²) in [6.45, 7) is 0. The van der Waals surface area contributed by atoms with Crippen LogP contribution in [0.15, 0.2) is 42.5 Å². The van der Waals surface area contributed by atoms with E-state index in [2.05, 4.69) is 5.32 Å². The highest BCUT2D eigenvalue weighted by Crippen LogP contribution is 2.19. The van der Waals surface area contributed by atoms with E-state index in [0.29, 0.717) is 12.1 Å². The number of amides is 1. The summed E-state index contributed by atoms with van der Waals surface area (Å²) in [4.78, 5) is 11.8. The Morgan fingerprint density at radius 3 is 2.57 bits per heavy atom. The lowest BCUT2D eigenvalue weighted by molar-refractivity contribution is -0.116. The molecule has 0 bridgehead atoms. The molecule has 5 heteroatoms. The second kappa shape index (κ2) is 6.74. The smallest absolute Gasteiger partial charge is 0.224 e. The van der Waals surface area contributed by atoms with Crippen molar-refractivity contribution >= 4 is 11.6 Å². The first-order valence-electron chi connectivity index (χ1n) is 6.50. The highest BCUT2D eigenvalue weighted by Gasteiger charge is 2.06. The fourth-order valence-electron chi connectivity index (χ4n) is 1.86. The Morgan fingerprint density at radius 1 is 1.24 bits per heavy atom. The largest absolute Gasteiger partial charge is 0.505 e. The van der Waals surface area contributed by atoms with Crippen LogP contribution in [-0.2, 0) is 11.2 Å². The van der Waals surface area contributed by atoms with Gasteiger partial charge in [0.2, 0.25) is 5.91 Å². The van der Waals surface area contributed by atoms with Crippen molar-refractivity contribution in [2.45, 2.75) is 12.8 Å². The molecule has 1 amide bonds. The predicted molar refractivity (Wildman–Crippen MR) is 78.0 cm³/mol. The van der Waals surface area contributed by atoms with Crippen LogP contribution in [0.2, 0.25) is 0 Å². The zero-order chi connectivity index (χ0) is 15.2. The molecule has 0 heterocycles. The van der Waals surface area contributed by atoms with Crippen molar-refractivity contribution in [2.75, 3.05) is 12.4 Å². The monoisotopic (exact) mass is 289 g/mol. The highest BCUT2D eigenvalue weighted by atomic mass is 19.1. The molecule has 0 unspecified atom stereocenters. The molecule has 0 fully saturated rings. The molecule has 0 aliphatic carbocycles. The van der Waals surface area contributed by atoms with Gasteiger partial charge < -0.3 is 15.2 Å². The van der Waals surface area contributed by atoms with Gasteiger partial charge in [0, 0.05) is 18.2 Å². The summed E-state index contributed by atoms with van der Waals surface area (Å²) in [7, 11) is 1.60. The van der Waals surface area contributed by atoms with Gasteiger partial charge in [0.1, 0.15) is 5.75 Å². The van der Waals surface area contributed by atoms with Crippen molar-refractivity contribution < 1.29 is 19.0 Å². The van der Waals surface area contributed by atoms with Crippen molar-refractivity contribution in [1.29, 1.82) is 0 Å². The molecule has 0 saturated heterocycles. The van der Waals surface area contributed by atoms with Crippen LogP contribution in [0.4, 0.5) is 10.1 Å². The molecular weight excluding hydrogens is 273 g/mol. The molecule has 2 aromatic rings. The molecule has 0 spiro atoms. The summed E-state index contributed by atoms with van der Waals surface area (Å²) in [6, 6.07) is 11.2. The molecule has 0 aliphatic rings. The van der Waals surface area contributed by atoms with E-state index in [0.717, 1.165) is 17.4 Å². The Morgan fingerprint density at radius 2 is 1.95 bits per heavy atom. The lowest BCUT2D eigenvalue weighted by Crippen LogP contribution is -2.12. The van der Waals surface area contributed by atoms with Crippen molar-refractivity contribution in [3.05, 3.63) is 53.8 Å². The molecular formula is C16H16FNO3. The van der Waals surface area contributed by atoms with E-state index in [9.17, 15) is 9.18 Å². The summed E-state index contributed by atoms with van der Waals surface area (Å²) >= 11 is 0. The number of hydrogen-bond donors (Lipinski definition) is 2. The maximum atomic E-state index is 13.1. The maximum Gasteiger partial charge on any atom is 0.224 e. The molecule has 110 valence electrons. The number of anilines is 1. The summed E-state index contributed by atoms with van der Waals surface area (Å²) in [5.41, 5.74) is 1.34. The maximum absolute atomic E-state index is 13.1. The number of hydrogen-bond acceptors (Lipinski definition) is 3. The number of rotatable bonds is 5. The minimum Gasteiger partial charge on any atom is -0.505 e. The molecule has 2 rings (SSSR count). The Hall–Kier alpha value is -2.56. The summed E-state index contributed by atoms with van der Waals surface area (Å²) in [5.74, 6) is -0.645. The number of ether oxygens (including phenoxy) is 1. The zero-order valence-electron chi connectivity index (χ0n) is 11.6. The van der Waals surface area contributed by atoms with Gasteiger partial charge in [0.25, 0.3) is 0 Å². The third-order valence-corrected chi connectivity index (χ3v) is 3.03. The van der Waals surface area contributed by atoms with Gasteiger partial charge in [0.15, 0.2) is 11.6 Å². The van der Waals surface area contributed by atoms with Gasteiger partial charge in [-0.2, -0.15) is 0 Å². The van der Waals surface area contributed by atoms with E-state index in [-0.39, 0.29) is 12.3 Å². The number of phenolic OH excluding ortho intramolecular Hbond substituents is 1. The summed E-state index contributed by atoms with van der Waals surface area (Å²) in [6.07, 6.45) is 0.866. The lowest BCUT2D eigenvalue weighted by Gasteiger charge is -2.06. The number of carbonyl (C=O) groups is 1. The van der Waals surface area contributed by atoms with E-state index in [1.165, 1.54) is 12.1 Å². The lowest BCUT2D eigenvalue weighted by atomic mass is 10.1. The second-order valence-electron chi connectivity index (χ2n) is 4.56. The van der Waals surface area contributed by atoms with E-state index >= 15 is 0 Å². The standard InChI is InChI=1S/C16H16FNO3/c1-21-13-6-2-11(3-7-13)4-9-16(20)18-12-5-8-15(19)14(17)10-12/h2-3,5-8,10,19H,4,9H2,1H3,(H,18,20). The Labute approximate surface area is 122 Å². The minimum absolute atomic E-state index is 0.212. The van der Waals surface area contributed by atoms with Crippen LogP contribution in [0.1, 0.15) is 12.0 Å². The average Bonchev–Trinajstić information content (AvgIpc) is 2.49. The number of aromatic hydroxyl groups is 1. The minimum atomic E-state index is -0.761. The van der Waals surface area contributed by atoms with Crippen LogP contribution in [0.25, 0.3) is 0 Å². The Balaban J connectivity index is 1.87. The molecule has 2 aromatic carbocycles. The predicted octanol–water partition coefficient (Wildman–Crippen LogP) is 3.11. The number of halogens is 1. The number of carbonyl (C=O) groups excluding carboxylic acids is 1. The van der Waals surface area contributed by atoms with Crippen LogP contribution in [0.5, 0.6) is 11.5 Å². The molecule has 4 nitrogen and oxygen atoms in total. The van der Waals surface area contributed by atoms with E-state index in [4.69, 9.17) is 9.84 Å². The second-order valence-corrected chi connectivity index (χ2v) is 4.56. The van der Waals surface area contributed by atoms with Crippen LogP contribution < -0.4 is 10.1 Å². The van der Waals surface area contributed by atoms with Crippen molar-refractivity contribution in [1.82, 2.24) is 0 Å². The average molecular weight is 289 g/mol. The van der Waals surface area contributed by atoms with Crippen LogP contribution >= 0.6 is 0 Å². The van der Waals surface area contributed by atoms with Gasteiger partial charge in [-0.25, -0.2) is 4.39 Å². The molecule has 0 saturated carbocycles. The number of aryl methyl sites for hydroxylation is 1. The van der Waals surface area contributed by atoms with Gasteiger partial charge in [-0.15, -0.1) is 0 Å². The number of nitrogens with one attached hydrogen (secondary N) is 1. The third-order valence-electron chi connectivity index (χ3n) is 3.03. The number of phenols is 1. The van der Waals surface area contributed by atoms with E-state index < -0.39 is 11.6 Å². The molecule has 0 aromatic heterocycles. The molecule has 0 radical (unpaired) electrons. The van der Waals surface area contributed by atoms with Gasteiger partial charge in [-0.1, -0.05) is 12.1 Å². The normalized spacial score (nSPS) is 10.2. The molecule has 21 heavy (non-hydrogen) atoms. The van der Waals surface area contributed by atoms with Crippen molar-refractivity contribution in [3.63, 3.8) is 0 Å². The highest BCUT2D eigenvalue weighted by molar-refractivity contribution is 5.90. The molecule has 0 aliphatic heterocycles. The summed E-state index contributed by atoms with van der Waals surface area (Å²) < 4.78 is 18.2. The SMILES string of the molecule is COc1ccc(CCC(=O)Nc2ccc(O)c(F)c2)cc1. The van der Waals surface area contributed by atoms with E-state index in [1.54, 1.807) is 7.11 Å². The van der Waals surface area contributed by atoms with Crippen LogP contribution in [-0.4, -0.2) is 18.1 Å². The first kappa shape index (κ1) is 14.8. The van der Waals surface area contributed by atoms with Gasteiger partial charge in [-0.05, 0) is 36.2 Å². The van der Waals surface area contributed by atoms with Crippen molar-refractivity contribution in [2.24, 2.45) is 0 Å². The van der Waals surface area contributed by atoms with Gasteiger partial charge in [0.05, 0.1) is 7.11 Å². The topological polar surface area (TPSA) is 58.6 Å². The summed E-state index contributed by atoms with van der Waals surface area (Å²) in [5, 5.41) is 11.7. The fraction of sp³-hybridized carbons (Fsp3) is 0.188. The first-order chi connectivity index (χ1) is 10.1. The van der Waals surface area contributed by atoms with Crippen LogP contribution in [0, 0.1) is 5.82 Å². The first-order valence-corrected chi connectivity index (χ1v) is 6.50. The van der Waals surface area contributed by atoms with Crippen LogP contribution in [0.3, 0.4) is 0 Å². The van der Waals surface area contributed by atoms with Gasteiger partial charge >= 0.3 is 0 Å². The van der Waals surface area contributed by atoms with E-state index in [1.807, 2.05) is 24.3 Å².